The Bertz CT molecular complexity index is 680. The van der Waals surface area contributed by atoms with Crippen LogP contribution in [-0.4, -0.2) is 33.0 Å². The minimum Gasteiger partial charge on any atom is -0.337 e. The second kappa shape index (κ2) is 8.23. The van der Waals surface area contributed by atoms with Gasteiger partial charge in [-0.05, 0) is 24.0 Å². The Balaban J connectivity index is 1.54. The molecule has 0 spiro atoms. The lowest BCUT2D eigenvalue weighted by atomic mass is 9.79. The molecule has 6 nitrogen and oxygen atoms in total. The van der Waals surface area contributed by atoms with E-state index >= 15 is 0 Å². The molecule has 0 N–H and O–H groups in total. The highest BCUT2D eigenvalue weighted by Gasteiger charge is 2.24. The average molecular weight is 342 g/mol. The second-order valence-corrected chi connectivity index (χ2v) is 7.08. The fourth-order valence-corrected chi connectivity index (χ4v) is 3.52. The molecule has 0 bridgehead atoms. The van der Waals surface area contributed by atoms with Crippen molar-refractivity contribution in [1.82, 2.24) is 20.0 Å². The monoisotopic (exact) mass is 342 g/mol. The number of aromatic nitrogens is 3. The van der Waals surface area contributed by atoms with Crippen LogP contribution >= 0.6 is 0 Å². The molecule has 1 atom stereocenters. The zero-order valence-electron chi connectivity index (χ0n) is 15.0. The molecule has 1 aliphatic rings. The van der Waals surface area contributed by atoms with Gasteiger partial charge in [0.15, 0.2) is 0 Å². The Morgan fingerprint density at radius 1 is 1.36 bits per heavy atom. The smallest absolute Gasteiger partial charge is 0.246 e. The summed E-state index contributed by atoms with van der Waals surface area (Å²) in [5.74, 6) is 2.20. The van der Waals surface area contributed by atoms with Crippen molar-refractivity contribution in [2.45, 2.75) is 52.0 Å². The summed E-state index contributed by atoms with van der Waals surface area (Å²) < 4.78 is 5.28. The van der Waals surface area contributed by atoms with Gasteiger partial charge in [-0.1, -0.05) is 44.2 Å². The zero-order valence-corrected chi connectivity index (χ0v) is 15.0. The van der Waals surface area contributed by atoms with Crippen LogP contribution in [0.3, 0.4) is 0 Å². The number of nitrogens with zero attached hydrogens (tertiary/aromatic N) is 4. The van der Waals surface area contributed by atoms with Gasteiger partial charge in [0, 0.05) is 31.4 Å². The van der Waals surface area contributed by atoms with E-state index in [4.69, 9.17) is 4.52 Å². The van der Waals surface area contributed by atoms with Crippen LogP contribution in [0.25, 0.3) is 11.4 Å². The van der Waals surface area contributed by atoms with Crippen molar-refractivity contribution in [2.24, 2.45) is 11.8 Å². The number of rotatable bonds is 6. The van der Waals surface area contributed by atoms with Crippen molar-refractivity contribution in [3.8, 4) is 11.4 Å². The molecule has 0 saturated heterocycles. The Kier molecular flexibility index (Phi) is 5.79. The number of pyridine rings is 1. The molecule has 0 unspecified atom stereocenters. The average Bonchev–Trinajstić information content (AvgIpc) is 3.11. The zero-order chi connectivity index (χ0) is 17.6. The molecule has 1 aliphatic carbocycles. The van der Waals surface area contributed by atoms with E-state index < -0.39 is 0 Å². The molecule has 1 fully saturated rings. The van der Waals surface area contributed by atoms with Crippen LogP contribution in [0.2, 0.25) is 0 Å². The number of carbonyl (C=O) groups is 1. The highest BCUT2D eigenvalue weighted by Crippen LogP contribution is 2.31. The van der Waals surface area contributed by atoms with Crippen LogP contribution in [-0.2, 0) is 11.3 Å². The Hall–Kier alpha value is -2.24. The van der Waals surface area contributed by atoms with Crippen molar-refractivity contribution in [3.05, 3.63) is 30.4 Å². The van der Waals surface area contributed by atoms with Gasteiger partial charge in [-0.15, -0.1) is 0 Å². The molecule has 0 aliphatic heterocycles. The van der Waals surface area contributed by atoms with E-state index in [9.17, 15) is 4.79 Å². The molecular formula is C19H26N4O2. The van der Waals surface area contributed by atoms with Crippen molar-refractivity contribution in [2.75, 3.05) is 7.05 Å². The minimum absolute atomic E-state index is 0.138. The molecule has 2 aromatic rings. The first-order valence-corrected chi connectivity index (χ1v) is 9.10. The lowest BCUT2D eigenvalue weighted by molar-refractivity contribution is -0.132. The molecule has 0 radical (unpaired) electrons. The highest BCUT2D eigenvalue weighted by molar-refractivity contribution is 5.76. The van der Waals surface area contributed by atoms with Gasteiger partial charge < -0.3 is 9.42 Å². The van der Waals surface area contributed by atoms with Gasteiger partial charge in [0.2, 0.25) is 17.6 Å². The summed E-state index contributed by atoms with van der Waals surface area (Å²) in [7, 11) is 1.80. The lowest BCUT2D eigenvalue weighted by Gasteiger charge is -2.28. The topological polar surface area (TPSA) is 72.1 Å². The van der Waals surface area contributed by atoms with E-state index in [-0.39, 0.29) is 5.91 Å². The molecule has 134 valence electrons. The standard InChI is InChI=1S/C19H26N4O2/c1-14(15-7-4-3-5-8-15)11-18(24)23(2)13-17-21-19(22-25-17)16-9-6-10-20-12-16/h6,9-10,12,14-15H,3-5,7-8,11,13H2,1-2H3/t14-/m1/s1. The summed E-state index contributed by atoms with van der Waals surface area (Å²) in [6, 6.07) is 3.70. The largest absolute Gasteiger partial charge is 0.337 e. The SMILES string of the molecule is C[C@H](CC(=O)N(C)Cc1nc(-c2cccnc2)no1)C1CCCCC1. The summed E-state index contributed by atoms with van der Waals surface area (Å²) in [6.07, 6.45) is 10.4. The molecule has 2 heterocycles. The van der Waals surface area contributed by atoms with Crippen LogP contribution in [0.4, 0.5) is 0 Å². The lowest BCUT2D eigenvalue weighted by Crippen LogP contribution is -2.29. The maximum atomic E-state index is 12.5. The van der Waals surface area contributed by atoms with Gasteiger partial charge in [0.1, 0.15) is 0 Å². The van der Waals surface area contributed by atoms with E-state index in [0.717, 1.165) is 5.56 Å². The Morgan fingerprint density at radius 3 is 2.88 bits per heavy atom. The predicted octanol–water partition coefficient (Wildman–Crippen LogP) is 3.70. The number of hydrogen-bond acceptors (Lipinski definition) is 5. The van der Waals surface area contributed by atoms with Crippen LogP contribution in [0, 0.1) is 11.8 Å². The third-order valence-corrected chi connectivity index (χ3v) is 5.14. The number of hydrogen-bond donors (Lipinski definition) is 0. The molecule has 2 aromatic heterocycles. The summed E-state index contributed by atoms with van der Waals surface area (Å²) in [4.78, 5) is 22.6. The Morgan fingerprint density at radius 2 is 2.16 bits per heavy atom. The first-order chi connectivity index (χ1) is 12.1. The highest BCUT2D eigenvalue weighted by atomic mass is 16.5. The van der Waals surface area contributed by atoms with Crippen LogP contribution in [0.15, 0.2) is 29.0 Å². The van der Waals surface area contributed by atoms with E-state index in [2.05, 4.69) is 22.0 Å². The van der Waals surface area contributed by atoms with Gasteiger partial charge in [0.25, 0.3) is 0 Å². The van der Waals surface area contributed by atoms with Crippen molar-refractivity contribution in [1.29, 1.82) is 0 Å². The normalized spacial score (nSPS) is 16.6. The molecular weight excluding hydrogens is 316 g/mol. The summed E-state index contributed by atoms with van der Waals surface area (Å²) >= 11 is 0. The van der Waals surface area contributed by atoms with Crippen LogP contribution in [0.5, 0.6) is 0 Å². The summed E-state index contributed by atoms with van der Waals surface area (Å²) in [5.41, 5.74) is 0.803. The second-order valence-electron chi connectivity index (χ2n) is 7.08. The number of carbonyl (C=O) groups excluding carboxylic acids is 1. The molecule has 3 rings (SSSR count). The maximum absolute atomic E-state index is 12.5. The van der Waals surface area contributed by atoms with Crippen molar-refractivity contribution >= 4 is 5.91 Å². The van der Waals surface area contributed by atoms with Gasteiger partial charge in [-0.2, -0.15) is 4.98 Å². The van der Waals surface area contributed by atoms with Crippen molar-refractivity contribution < 1.29 is 9.32 Å². The first-order valence-electron chi connectivity index (χ1n) is 9.10. The third-order valence-electron chi connectivity index (χ3n) is 5.14. The minimum atomic E-state index is 0.138. The van der Waals surface area contributed by atoms with Crippen LogP contribution in [0.1, 0.15) is 51.3 Å². The predicted molar refractivity (Wildman–Crippen MR) is 94.4 cm³/mol. The Labute approximate surface area is 148 Å². The van der Waals surface area contributed by atoms with E-state index in [1.165, 1.54) is 32.1 Å². The first kappa shape index (κ1) is 17.6. The molecule has 1 amide bonds. The van der Waals surface area contributed by atoms with E-state index in [1.54, 1.807) is 24.3 Å². The quantitative estimate of drug-likeness (QED) is 0.800. The summed E-state index contributed by atoms with van der Waals surface area (Å²) in [6.45, 7) is 2.54. The van der Waals surface area contributed by atoms with Crippen LogP contribution < -0.4 is 0 Å². The van der Waals surface area contributed by atoms with Gasteiger partial charge in [0.05, 0.1) is 6.54 Å². The fraction of sp³-hybridized carbons (Fsp3) is 0.579. The molecule has 6 heteroatoms. The van der Waals surface area contributed by atoms with Gasteiger partial charge in [-0.25, -0.2) is 0 Å². The van der Waals surface area contributed by atoms with E-state index in [0.29, 0.717) is 36.5 Å². The van der Waals surface area contributed by atoms with Gasteiger partial charge in [-0.3, -0.25) is 9.78 Å². The fourth-order valence-electron chi connectivity index (χ4n) is 3.52. The molecule has 0 aromatic carbocycles. The number of amides is 1. The van der Waals surface area contributed by atoms with E-state index in [1.807, 2.05) is 12.1 Å². The maximum Gasteiger partial charge on any atom is 0.246 e. The van der Waals surface area contributed by atoms with Gasteiger partial charge >= 0.3 is 0 Å². The summed E-state index contributed by atoms with van der Waals surface area (Å²) in [5, 5.41) is 3.97. The third kappa shape index (κ3) is 4.65. The molecule has 1 saturated carbocycles. The molecule has 25 heavy (non-hydrogen) atoms. The van der Waals surface area contributed by atoms with Crippen molar-refractivity contribution in [3.63, 3.8) is 0 Å².